The number of hydrogen-bond acceptors (Lipinski definition) is 4. The number of ether oxygens (including phenoxy) is 3. The molecule has 2 unspecified atom stereocenters. The van der Waals surface area contributed by atoms with Crippen LogP contribution in [0.15, 0.2) is 24.5 Å². The largest absolute Gasteiger partial charge is 0.462 e. The predicted octanol–water partition coefficient (Wildman–Crippen LogP) is 0.745. The van der Waals surface area contributed by atoms with Gasteiger partial charge >= 0.3 is 5.97 Å². The maximum Gasteiger partial charge on any atom is 0.303 e. The number of carbonyl (C=O) groups is 1. The summed E-state index contributed by atoms with van der Waals surface area (Å²) in [5.41, 5.74) is 0. The highest BCUT2D eigenvalue weighted by atomic mass is 16.7. The highest BCUT2D eigenvalue weighted by Crippen LogP contribution is 2.32. The third-order valence-electron chi connectivity index (χ3n) is 1.95. The fraction of sp³-hybridized carbons (Fsp3) is 0.444. The Morgan fingerprint density at radius 3 is 3.15 bits per heavy atom. The van der Waals surface area contributed by atoms with Crippen LogP contribution in [0.5, 0.6) is 0 Å². The van der Waals surface area contributed by atoms with Crippen molar-refractivity contribution in [3.05, 3.63) is 24.5 Å². The van der Waals surface area contributed by atoms with Crippen LogP contribution in [0.1, 0.15) is 6.92 Å². The van der Waals surface area contributed by atoms with E-state index in [1.165, 1.54) is 13.2 Å². The Morgan fingerprint density at radius 1 is 1.69 bits per heavy atom. The molecule has 13 heavy (non-hydrogen) atoms. The van der Waals surface area contributed by atoms with Crippen LogP contribution in [0, 0.1) is 0 Å². The Labute approximate surface area is 75.8 Å². The topological polar surface area (TPSA) is 44.8 Å². The summed E-state index contributed by atoms with van der Waals surface area (Å²) in [5, 5.41) is 0. The van der Waals surface area contributed by atoms with E-state index in [1.54, 1.807) is 12.2 Å². The van der Waals surface area contributed by atoms with E-state index in [-0.39, 0.29) is 5.97 Å². The van der Waals surface area contributed by atoms with Gasteiger partial charge in [0.25, 0.3) is 5.79 Å². The van der Waals surface area contributed by atoms with Crippen molar-refractivity contribution in [1.29, 1.82) is 0 Å². The molecule has 0 saturated carbocycles. The molecule has 0 aromatic carbocycles. The fourth-order valence-corrected chi connectivity index (χ4v) is 1.41. The molecule has 0 fully saturated rings. The number of carbonyl (C=O) groups excluding carboxylic acids is 1. The van der Waals surface area contributed by atoms with Crippen LogP contribution in [0.2, 0.25) is 0 Å². The van der Waals surface area contributed by atoms with Gasteiger partial charge in [-0.3, -0.25) is 4.79 Å². The van der Waals surface area contributed by atoms with Gasteiger partial charge in [-0.1, -0.05) is 6.08 Å². The first kappa shape index (κ1) is 8.31. The van der Waals surface area contributed by atoms with Gasteiger partial charge in [-0.2, -0.15) is 0 Å². The van der Waals surface area contributed by atoms with E-state index in [2.05, 4.69) is 0 Å². The molecule has 0 bridgehead atoms. The van der Waals surface area contributed by atoms with Gasteiger partial charge in [0, 0.05) is 6.92 Å². The fourth-order valence-electron chi connectivity index (χ4n) is 1.41. The van der Waals surface area contributed by atoms with Crippen LogP contribution in [0.3, 0.4) is 0 Å². The van der Waals surface area contributed by atoms with E-state index >= 15 is 0 Å². The summed E-state index contributed by atoms with van der Waals surface area (Å²) in [6.07, 6.45) is 6.29. The molecule has 0 aliphatic carbocycles. The van der Waals surface area contributed by atoms with Gasteiger partial charge in [0.15, 0.2) is 6.10 Å². The quantitative estimate of drug-likeness (QED) is 0.443. The summed E-state index contributed by atoms with van der Waals surface area (Å²) in [5.74, 6) is -1.24. The van der Waals surface area contributed by atoms with E-state index in [1.807, 2.05) is 6.08 Å². The standard InChI is InChI=1S/C9H10O4/c1-7(10)13-8-3-6-12-9(8)4-2-5-11-9/h2-4,6,8H,5H2,1H3. The Balaban J connectivity index is 2.12. The van der Waals surface area contributed by atoms with Gasteiger partial charge in [-0.15, -0.1) is 0 Å². The number of esters is 1. The molecule has 4 nitrogen and oxygen atoms in total. The molecule has 2 atom stereocenters. The zero-order valence-corrected chi connectivity index (χ0v) is 7.23. The first-order valence-corrected chi connectivity index (χ1v) is 4.06. The molecular weight excluding hydrogens is 172 g/mol. The Hall–Kier alpha value is -1.29. The predicted molar refractivity (Wildman–Crippen MR) is 43.6 cm³/mol. The third kappa shape index (κ3) is 1.33. The van der Waals surface area contributed by atoms with E-state index in [4.69, 9.17) is 14.2 Å². The van der Waals surface area contributed by atoms with Crippen LogP contribution >= 0.6 is 0 Å². The molecule has 2 rings (SSSR count). The van der Waals surface area contributed by atoms with Crippen LogP contribution < -0.4 is 0 Å². The maximum atomic E-state index is 10.7. The van der Waals surface area contributed by atoms with Crippen LogP contribution in [-0.4, -0.2) is 24.5 Å². The molecule has 0 saturated heterocycles. The molecule has 2 heterocycles. The molecule has 0 amide bonds. The zero-order chi connectivity index (χ0) is 9.31. The lowest BCUT2D eigenvalue weighted by molar-refractivity contribution is -0.200. The van der Waals surface area contributed by atoms with Crippen LogP contribution in [0.4, 0.5) is 0 Å². The Bertz CT molecular complexity index is 281. The van der Waals surface area contributed by atoms with E-state index in [9.17, 15) is 4.79 Å². The number of rotatable bonds is 1. The average Bonchev–Trinajstić information content (AvgIpc) is 2.64. The lowest BCUT2D eigenvalue weighted by Crippen LogP contribution is -2.40. The van der Waals surface area contributed by atoms with Crippen LogP contribution in [-0.2, 0) is 19.0 Å². The molecule has 0 radical (unpaired) electrons. The molecule has 70 valence electrons. The highest BCUT2D eigenvalue weighted by Gasteiger charge is 2.45. The van der Waals surface area contributed by atoms with Crippen molar-refractivity contribution in [2.24, 2.45) is 0 Å². The van der Waals surface area contributed by atoms with Gasteiger partial charge < -0.3 is 14.2 Å². The van der Waals surface area contributed by atoms with Crippen molar-refractivity contribution >= 4 is 5.97 Å². The van der Waals surface area contributed by atoms with Crippen molar-refractivity contribution < 1.29 is 19.0 Å². The van der Waals surface area contributed by atoms with Gasteiger partial charge in [0.2, 0.25) is 0 Å². The lowest BCUT2D eigenvalue weighted by Gasteiger charge is -2.26. The second-order valence-electron chi connectivity index (χ2n) is 2.91. The summed E-state index contributed by atoms with van der Waals surface area (Å²) >= 11 is 0. The lowest BCUT2D eigenvalue weighted by atomic mass is 10.1. The second kappa shape index (κ2) is 2.88. The minimum Gasteiger partial charge on any atom is -0.462 e. The molecule has 0 N–H and O–H groups in total. The first-order chi connectivity index (χ1) is 6.23. The van der Waals surface area contributed by atoms with Crippen molar-refractivity contribution in [3.63, 3.8) is 0 Å². The van der Waals surface area contributed by atoms with Crippen LogP contribution in [0.25, 0.3) is 0 Å². The van der Waals surface area contributed by atoms with Crippen molar-refractivity contribution in [2.45, 2.75) is 18.8 Å². The first-order valence-electron chi connectivity index (χ1n) is 4.06. The summed E-state index contributed by atoms with van der Waals surface area (Å²) in [6, 6.07) is 0. The Kier molecular flexibility index (Phi) is 1.84. The number of hydrogen-bond donors (Lipinski definition) is 0. The van der Waals surface area contributed by atoms with Crippen molar-refractivity contribution in [2.75, 3.05) is 6.61 Å². The minimum atomic E-state index is -0.897. The Morgan fingerprint density at radius 2 is 2.54 bits per heavy atom. The van der Waals surface area contributed by atoms with Gasteiger partial charge in [0.05, 0.1) is 12.9 Å². The zero-order valence-electron chi connectivity index (χ0n) is 7.23. The normalized spacial score (nSPS) is 35.3. The molecule has 2 aliphatic heterocycles. The summed E-state index contributed by atoms with van der Waals surface area (Å²) in [7, 11) is 0. The average molecular weight is 182 g/mol. The SMILES string of the molecule is CC(=O)OC1C=COC12C=CCO2. The summed E-state index contributed by atoms with van der Waals surface area (Å²) in [6.45, 7) is 1.85. The van der Waals surface area contributed by atoms with E-state index in [0.29, 0.717) is 6.61 Å². The second-order valence-corrected chi connectivity index (χ2v) is 2.91. The monoisotopic (exact) mass is 182 g/mol. The van der Waals surface area contributed by atoms with Gasteiger partial charge in [0.1, 0.15) is 0 Å². The third-order valence-corrected chi connectivity index (χ3v) is 1.95. The minimum absolute atomic E-state index is 0.344. The van der Waals surface area contributed by atoms with Gasteiger partial charge in [-0.25, -0.2) is 0 Å². The molecule has 2 aliphatic rings. The molecule has 4 heteroatoms. The smallest absolute Gasteiger partial charge is 0.303 e. The van der Waals surface area contributed by atoms with Gasteiger partial charge in [-0.05, 0) is 12.2 Å². The van der Waals surface area contributed by atoms with Crippen molar-refractivity contribution in [1.82, 2.24) is 0 Å². The molecule has 1 spiro atoms. The van der Waals surface area contributed by atoms with Crippen molar-refractivity contribution in [3.8, 4) is 0 Å². The molecular formula is C9H10O4. The van der Waals surface area contributed by atoms with E-state index in [0.717, 1.165) is 0 Å². The molecule has 0 aromatic rings. The molecule has 0 aromatic heterocycles. The summed E-state index contributed by atoms with van der Waals surface area (Å²) < 4.78 is 15.6. The summed E-state index contributed by atoms with van der Waals surface area (Å²) in [4.78, 5) is 10.7. The maximum absolute atomic E-state index is 10.7. The highest BCUT2D eigenvalue weighted by molar-refractivity contribution is 5.66. The van der Waals surface area contributed by atoms with E-state index < -0.39 is 11.9 Å².